The van der Waals surface area contributed by atoms with E-state index in [1.165, 1.54) is 45.4 Å². The van der Waals surface area contributed by atoms with Gasteiger partial charge in [-0.3, -0.25) is 9.69 Å². The number of benzene rings is 2. The number of para-hydroxylation sites is 1. The molecular weight excluding hydrogens is 448 g/mol. The number of fused-ring (bicyclic) bond motifs is 7. The fraction of sp³-hybridized carbons (Fsp3) is 0.367. The summed E-state index contributed by atoms with van der Waals surface area (Å²) in [4.78, 5) is 18.7. The SMILES string of the molecule is COc1ccc(C2NCCc3c2[nH]c2ccccc32)cc1CN1C[C@H]2C[C@H](C1)c1cccc(=O)n1C2. The third-order valence-corrected chi connectivity index (χ3v) is 8.45. The van der Waals surface area contributed by atoms with E-state index in [2.05, 4.69) is 63.7 Å². The number of nitrogens with zero attached hydrogens (tertiary/aromatic N) is 2. The van der Waals surface area contributed by atoms with E-state index in [4.69, 9.17) is 4.74 Å². The van der Waals surface area contributed by atoms with Gasteiger partial charge in [0.1, 0.15) is 5.75 Å². The molecule has 2 aromatic heterocycles. The molecule has 6 heteroatoms. The lowest BCUT2D eigenvalue weighted by Gasteiger charge is -2.43. The van der Waals surface area contributed by atoms with Crippen LogP contribution in [0.3, 0.4) is 0 Å². The van der Waals surface area contributed by atoms with Gasteiger partial charge in [-0.1, -0.05) is 30.3 Å². The smallest absolute Gasteiger partial charge is 0.250 e. The van der Waals surface area contributed by atoms with Gasteiger partial charge >= 0.3 is 0 Å². The zero-order valence-corrected chi connectivity index (χ0v) is 20.7. The van der Waals surface area contributed by atoms with E-state index in [9.17, 15) is 4.79 Å². The van der Waals surface area contributed by atoms with Gasteiger partial charge in [-0.2, -0.15) is 0 Å². The van der Waals surface area contributed by atoms with Crippen molar-refractivity contribution in [2.45, 2.75) is 37.9 Å². The highest BCUT2D eigenvalue weighted by atomic mass is 16.5. The first-order chi connectivity index (χ1) is 17.7. The molecule has 0 amide bonds. The molecular formula is C30H32N4O2. The number of likely N-dealkylation sites (tertiary alicyclic amines) is 1. The van der Waals surface area contributed by atoms with Gasteiger partial charge < -0.3 is 19.6 Å². The molecule has 3 aliphatic rings. The van der Waals surface area contributed by atoms with Crippen LogP contribution in [0.25, 0.3) is 10.9 Å². The second-order valence-electron chi connectivity index (χ2n) is 10.7. The highest BCUT2D eigenvalue weighted by Gasteiger charge is 2.35. The van der Waals surface area contributed by atoms with E-state index in [1.54, 1.807) is 13.2 Å². The maximum absolute atomic E-state index is 12.4. The monoisotopic (exact) mass is 480 g/mol. The van der Waals surface area contributed by atoms with Gasteiger partial charge in [0.05, 0.1) is 13.2 Å². The molecule has 1 unspecified atom stereocenters. The van der Waals surface area contributed by atoms with Crippen molar-refractivity contribution in [3.8, 4) is 5.75 Å². The van der Waals surface area contributed by atoms with Crippen LogP contribution < -0.4 is 15.6 Å². The summed E-state index contributed by atoms with van der Waals surface area (Å²) in [6, 6.07) is 21.2. The Morgan fingerprint density at radius 2 is 1.94 bits per heavy atom. The van der Waals surface area contributed by atoms with Gasteiger partial charge in [0.25, 0.3) is 5.56 Å². The molecule has 3 aliphatic heterocycles. The van der Waals surface area contributed by atoms with Crippen LogP contribution in [0, 0.1) is 5.92 Å². The van der Waals surface area contributed by atoms with Crippen molar-refractivity contribution < 1.29 is 4.74 Å². The lowest BCUT2D eigenvalue weighted by atomic mass is 9.83. The van der Waals surface area contributed by atoms with Crippen LogP contribution in [0.1, 0.15) is 46.5 Å². The maximum Gasteiger partial charge on any atom is 0.250 e. The van der Waals surface area contributed by atoms with E-state index >= 15 is 0 Å². The minimum Gasteiger partial charge on any atom is -0.496 e. The molecule has 3 atom stereocenters. The molecule has 4 aromatic rings. The Kier molecular flexibility index (Phi) is 5.26. The van der Waals surface area contributed by atoms with Gasteiger partial charge in [0.2, 0.25) is 0 Å². The van der Waals surface area contributed by atoms with E-state index in [0.717, 1.165) is 44.9 Å². The van der Waals surface area contributed by atoms with Crippen molar-refractivity contribution in [1.29, 1.82) is 0 Å². The Morgan fingerprint density at radius 1 is 1.03 bits per heavy atom. The van der Waals surface area contributed by atoms with Crippen LogP contribution in [-0.2, 0) is 19.5 Å². The lowest BCUT2D eigenvalue weighted by Crippen LogP contribution is -2.46. The summed E-state index contributed by atoms with van der Waals surface area (Å²) in [6.07, 6.45) is 2.21. The van der Waals surface area contributed by atoms with E-state index in [0.29, 0.717) is 11.8 Å². The lowest BCUT2D eigenvalue weighted by molar-refractivity contribution is 0.113. The van der Waals surface area contributed by atoms with Gasteiger partial charge in [-0.15, -0.1) is 0 Å². The fourth-order valence-electron chi connectivity index (χ4n) is 6.93. The zero-order valence-electron chi connectivity index (χ0n) is 20.7. The summed E-state index contributed by atoms with van der Waals surface area (Å²) in [6.45, 7) is 4.64. The van der Waals surface area contributed by atoms with Gasteiger partial charge in [-0.25, -0.2) is 0 Å². The highest BCUT2D eigenvalue weighted by molar-refractivity contribution is 5.85. The third kappa shape index (κ3) is 3.59. The molecule has 5 heterocycles. The maximum atomic E-state index is 12.4. The van der Waals surface area contributed by atoms with Gasteiger partial charge in [-0.05, 0) is 54.2 Å². The molecule has 6 nitrogen and oxygen atoms in total. The summed E-state index contributed by atoms with van der Waals surface area (Å²) >= 11 is 0. The number of pyridine rings is 1. The van der Waals surface area contributed by atoms with Crippen molar-refractivity contribution >= 4 is 10.9 Å². The van der Waals surface area contributed by atoms with Crippen molar-refractivity contribution in [2.75, 3.05) is 26.7 Å². The van der Waals surface area contributed by atoms with E-state index in [-0.39, 0.29) is 11.6 Å². The molecule has 1 saturated heterocycles. The van der Waals surface area contributed by atoms with Gasteiger partial charge in [0.15, 0.2) is 0 Å². The van der Waals surface area contributed by atoms with E-state index in [1.807, 2.05) is 10.6 Å². The van der Waals surface area contributed by atoms with Crippen molar-refractivity contribution in [3.63, 3.8) is 0 Å². The summed E-state index contributed by atoms with van der Waals surface area (Å²) in [5.41, 5.74) is 7.77. The number of aromatic amines is 1. The molecule has 36 heavy (non-hydrogen) atoms. The first-order valence-electron chi connectivity index (χ1n) is 13.1. The van der Waals surface area contributed by atoms with Crippen molar-refractivity contribution in [3.05, 3.63) is 99.1 Å². The Morgan fingerprint density at radius 3 is 2.86 bits per heavy atom. The summed E-state index contributed by atoms with van der Waals surface area (Å²) in [7, 11) is 1.76. The Labute approximate surface area is 210 Å². The summed E-state index contributed by atoms with van der Waals surface area (Å²) in [5.74, 6) is 1.87. The van der Waals surface area contributed by atoms with Gasteiger partial charge in [0, 0.05) is 72.6 Å². The first kappa shape index (κ1) is 21.9. The average molecular weight is 481 g/mol. The average Bonchev–Trinajstić information content (AvgIpc) is 3.28. The number of piperidine rings is 1. The number of hydrogen-bond donors (Lipinski definition) is 2. The molecule has 0 saturated carbocycles. The molecule has 7 rings (SSSR count). The van der Waals surface area contributed by atoms with Crippen LogP contribution in [0.15, 0.2) is 65.5 Å². The minimum atomic E-state index is 0.140. The number of nitrogens with one attached hydrogen (secondary N) is 2. The summed E-state index contributed by atoms with van der Waals surface area (Å²) < 4.78 is 7.82. The van der Waals surface area contributed by atoms with Crippen molar-refractivity contribution in [2.24, 2.45) is 5.92 Å². The second-order valence-corrected chi connectivity index (χ2v) is 10.7. The minimum absolute atomic E-state index is 0.140. The van der Waals surface area contributed by atoms with Crippen LogP contribution >= 0.6 is 0 Å². The number of aromatic nitrogens is 2. The number of ether oxygens (including phenoxy) is 1. The number of hydrogen-bond acceptors (Lipinski definition) is 4. The molecule has 0 spiro atoms. The number of rotatable bonds is 4. The Balaban J connectivity index is 1.19. The molecule has 2 bridgehead atoms. The predicted octanol–water partition coefficient (Wildman–Crippen LogP) is 4.19. The quantitative estimate of drug-likeness (QED) is 0.460. The second kappa shape index (κ2) is 8.64. The van der Waals surface area contributed by atoms with Crippen LogP contribution in [-0.4, -0.2) is 41.2 Å². The van der Waals surface area contributed by atoms with Crippen molar-refractivity contribution in [1.82, 2.24) is 19.8 Å². The highest BCUT2D eigenvalue weighted by Crippen LogP contribution is 2.38. The third-order valence-electron chi connectivity index (χ3n) is 8.45. The Hall–Kier alpha value is -3.35. The van der Waals surface area contributed by atoms with E-state index < -0.39 is 0 Å². The largest absolute Gasteiger partial charge is 0.496 e. The van der Waals surface area contributed by atoms with Crippen LogP contribution in [0.2, 0.25) is 0 Å². The Bertz CT molecular complexity index is 1500. The number of methoxy groups -OCH3 is 1. The zero-order chi connectivity index (χ0) is 24.2. The normalized spacial score (nSPS) is 23.3. The molecule has 0 radical (unpaired) electrons. The topological polar surface area (TPSA) is 62.3 Å². The molecule has 0 aliphatic carbocycles. The number of H-pyrrole nitrogens is 1. The summed E-state index contributed by atoms with van der Waals surface area (Å²) in [5, 5.41) is 5.09. The standard InChI is InChI=1S/C30H32N4O2/c1-36-27-10-9-20(29-30-24(11-12-31-29)23-5-2-3-6-25(23)32-30)14-22(27)18-33-15-19-13-21(17-33)26-7-4-8-28(35)34(26)16-19/h2-10,14,19,21,29,31-32H,11-13,15-18H2,1H3/t19-,21-,29?/m1/s1. The molecule has 1 fully saturated rings. The van der Waals surface area contributed by atoms with Crippen LogP contribution in [0.5, 0.6) is 5.75 Å². The fourth-order valence-corrected chi connectivity index (χ4v) is 6.93. The first-order valence-corrected chi connectivity index (χ1v) is 13.1. The van der Waals surface area contributed by atoms with Crippen LogP contribution in [0.4, 0.5) is 0 Å². The molecule has 184 valence electrons. The molecule has 2 N–H and O–H groups in total. The predicted molar refractivity (Wildman–Crippen MR) is 142 cm³/mol. The molecule has 2 aromatic carbocycles.